The Kier molecular flexibility index (Phi) is 3.98. The van der Waals surface area contributed by atoms with Gasteiger partial charge in [-0.3, -0.25) is 4.79 Å². The number of carbonyl (C=O) groups excluding carboxylic acids is 1. The predicted octanol–water partition coefficient (Wildman–Crippen LogP) is 2.78. The van der Waals surface area contributed by atoms with Gasteiger partial charge in [0, 0.05) is 12.5 Å². The molecule has 3 aromatic rings. The number of hydroxylamine groups is 1. The highest BCUT2D eigenvalue weighted by molar-refractivity contribution is 5.91. The Labute approximate surface area is 127 Å². The van der Waals surface area contributed by atoms with Crippen LogP contribution in [0.2, 0.25) is 0 Å². The minimum atomic E-state index is -0.661. The summed E-state index contributed by atoms with van der Waals surface area (Å²) in [7, 11) is 0. The first-order valence-electron chi connectivity index (χ1n) is 6.87. The third-order valence-corrected chi connectivity index (χ3v) is 3.32. The number of imidazole rings is 1. The van der Waals surface area contributed by atoms with Crippen LogP contribution in [0.15, 0.2) is 54.6 Å². The zero-order valence-corrected chi connectivity index (χ0v) is 11.7. The molecule has 0 saturated heterocycles. The molecular weight excluding hydrogens is 278 g/mol. The fraction of sp³-hybridized carbons (Fsp3) is 0.0588. The standard InChI is InChI=1S/C17H14N3O2/c21-17(20-22)10-9-12-5-7-13(8-6-12)11-16-18-14-3-1-2-4-15(14)19-16/h1-10H,11H2,(H2-,18,19,20,21,22)/q-1/b10-9+. The average Bonchev–Trinajstić information content (AvgIpc) is 2.96. The van der Waals surface area contributed by atoms with E-state index in [0.29, 0.717) is 6.42 Å². The third kappa shape index (κ3) is 3.21. The predicted molar refractivity (Wildman–Crippen MR) is 85.9 cm³/mol. The van der Waals surface area contributed by atoms with Gasteiger partial charge in [0.15, 0.2) is 0 Å². The summed E-state index contributed by atoms with van der Waals surface area (Å²) >= 11 is 0. The summed E-state index contributed by atoms with van der Waals surface area (Å²) in [4.78, 5) is 18.7. The van der Waals surface area contributed by atoms with Gasteiger partial charge in [0.2, 0.25) is 5.91 Å². The van der Waals surface area contributed by atoms with Gasteiger partial charge in [-0.25, -0.2) is 4.98 Å². The molecule has 1 amide bonds. The number of hydrogen-bond donors (Lipinski definition) is 2. The fourth-order valence-corrected chi connectivity index (χ4v) is 2.24. The van der Waals surface area contributed by atoms with Gasteiger partial charge in [-0.1, -0.05) is 36.4 Å². The molecule has 1 heterocycles. The number of nitrogens with zero attached hydrogens (tertiary/aromatic N) is 1. The second kappa shape index (κ2) is 6.24. The lowest BCUT2D eigenvalue weighted by atomic mass is 10.1. The summed E-state index contributed by atoms with van der Waals surface area (Å²) in [5.41, 5.74) is 5.26. The number of nitrogens with one attached hydrogen (secondary N) is 2. The van der Waals surface area contributed by atoms with Gasteiger partial charge in [-0.2, -0.15) is 0 Å². The first kappa shape index (κ1) is 14.0. The van der Waals surface area contributed by atoms with Crippen molar-refractivity contribution in [2.24, 2.45) is 0 Å². The molecule has 0 spiro atoms. The van der Waals surface area contributed by atoms with Gasteiger partial charge >= 0.3 is 0 Å². The van der Waals surface area contributed by atoms with Crippen LogP contribution in [0.4, 0.5) is 0 Å². The number of amides is 1. The summed E-state index contributed by atoms with van der Waals surface area (Å²) in [6.07, 6.45) is 3.51. The first-order chi connectivity index (χ1) is 10.7. The highest BCUT2D eigenvalue weighted by atomic mass is 16.5. The van der Waals surface area contributed by atoms with Crippen molar-refractivity contribution in [3.63, 3.8) is 0 Å². The molecule has 2 aromatic carbocycles. The van der Waals surface area contributed by atoms with Crippen LogP contribution in [0.3, 0.4) is 0 Å². The number of H-pyrrole nitrogens is 1. The molecule has 0 atom stereocenters. The van der Waals surface area contributed by atoms with Gasteiger partial charge < -0.3 is 15.7 Å². The van der Waals surface area contributed by atoms with Crippen molar-refractivity contribution in [1.82, 2.24) is 15.4 Å². The molecule has 0 unspecified atom stereocenters. The molecular formula is C17H14N3O2-. The normalized spacial score (nSPS) is 11.1. The van der Waals surface area contributed by atoms with Gasteiger partial charge in [0.25, 0.3) is 0 Å². The molecule has 5 heteroatoms. The van der Waals surface area contributed by atoms with E-state index in [4.69, 9.17) is 0 Å². The largest absolute Gasteiger partial charge is 0.759 e. The lowest BCUT2D eigenvalue weighted by molar-refractivity contribution is -0.115. The summed E-state index contributed by atoms with van der Waals surface area (Å²) in [5, 5.41) is 10.1. The second-order valence-corrected chi connectivity index (χ2v) is 4.92. The molecule has 0 aliphatic carbocycles. The SMILES string of the molecule is O=C(/C=C/c1ccc(Cc2nc3ccccc3[nH]2)cc1)N[O-]. The molecule has 22 heavy (non-hydrogen) atoms. The molecule has 5 nitrogen and oxygen atoms in total. The van der Waals surface area contributed by atoms with Crippen LogP contribution >= 0.6 is 0 Å². The molecule has 1 aromatic heterocycles. The lowest BCUT2D eigenvalue weighted by Gasteiger charge is -2.02. The van der Waals surface area contributed by atoms with E-state index in [2.05, 4.69) is 9.97 Å². The zero-order chi connectivity index (χ0) is 15.4. The molecule has 110 valence electrons. The summed E-state index contributed by atoms with van der Waals surface area (Å²) in [5.74, 6) is 0.251. The van der Waals surface area contributed by atoms with E-state index >= 15 is 0 Å². The Morgan fingerprint density at radius 3 is 2.68 bits per heavy atom. The van der Waals surface area contributed by atoms with Crippen molar-refractivity contribution >= 4 is 23.0 Å². The monoisotopic (exact) mass is 292 g/mol. The summed E-state index contributed by atoms with van der Waals surface area (Å²) in [6.45, 7) is 0. The van der Waals surface area contributed by atoms with Crippen LogP contribution in [0.25, 0.3) is 17.1 Å². The number of benzene rings is 2. The van der Waals surface area contributed by atoms with Crippen LogP contribution in [0.1, 0.15) is 17.0 Å². The summed E-state index contributed by atoms with van der Waals surface area (Å²) < 4.78 is 0. The second-order valence-electron chi connectivity index (χ2n) is 4.92. The summed E-state index contributed by atoms with van der Waals surface area (Å²) in [6, 6.07) is 15.7. The van der Waals surface area contributed by atoms with Crippen molar-refractivity contribution in [1.29, 1.82) is 0 Å². The molecule has 0 fully saturated rings. The maximum atomic E-state index is 10.9. The Morgan fingerprint density at radius 2 is 1.95 bits per heavy atom. The third-order valence-electron chi connectivity index (χ3n) is 3.32. The van der Waals surface area contributed by atoms with Crippen molar-refractivity contribution in [3.8, 4) is 0 Å². The lowest BCUT2D eigenvalue weighted by Crippen LogP contribution is -2.11. The highest BCUT2D eigenvalue weighted by Gasteiger charge is 2.03. The van der Waals surface area contributed by atoms with E-state index in [1.54, 1.807) is 6.08 Å². The number of aromatic nitrogens is 2. The van der Waals surface area contributed by atoms with Crippen LogP contribution in [-0.2, 0) is 11.2 Å². The molecule has 0 bridgehead atoms. The van der Waals surface area contributed by atoms with Crippen molar-refractivity contribution in [3.05, 3.63) is 76.8 Å². The van der Waals surface area contributed by atoms with Crippen molar-refractivity contribution in [2.75, 3.05) is 0 Å². The van der Waals surface area contributed by atoms with Gasteiger partial charge in [-0.15, -0.1) is 0 Å². The number of para-hydroxylation sites is 2. The Morgan fingerprint density at radius 1 is 1.18 bits per heavy atom. The number of aromatic amines is 1. The number of hydrogen-bond acceptors (Lipinski definition) is 3. The van der Waals surface area contributed by atoms with E-state index in [1.165, 1.54) is 11.6 Å². The van der Waals surface area contributed by atoms with E-state index in [-0.39, 0.29) is 0 Å². The van der Waals surface area contributed by atoms with Crippen molar-refractivity contribution in [2.45, 2.75) is 6.42 Å². The maximum absolute atomic E-state index is 10.9. The smallest absolute Gasteiger partial charge is 0.233 e. The molecule has 0 aliphatic rings. The first-order valence-corrected chi connectivity index (χ1v) is 6.87. The Bertz CT molecular complexity index is 786. The average molecular weight is 292 g/mol. The van der Waals surface area contributed by atoms with Crippen LogP contribution in [-0.4, -0.2) is 15.9 Å². The minimum Gasteiger partial charge on any atom is -0.759 e. The minimum absolute atomic E-state index is 0.661. The number of rotatable bonds is 4. The van der Waals surface area contributed by atoms with E-state index in [0.717, 1.165) is 28.0 Å². The molecule has 0 aliphatic heterocycles. The molecule has 3 rings (SSSR count). The Hall–Kier alpha value is -2.92. The quantitative estimate of drug-likeness (QED) is 0.573. The van der Waals surface area contributed by atoms with Crippen molar-refractivity contribution < 1.29 is 4.79 Å². The molecule has 0 saturated carbocycles. The topological polar surface area (TPSA) is 80.8 Å². The van der Waals surface area contributed by atoms with E-state index in [1.807, 2.05) is 48.5 Å². The van der Waals surface area contributed by atoms with Gasteiger partial charge in [-0.05, 0) is 29.3 Å². The maximum Gasteiger partial charge on any atom is 0.233 e. The van der Waals surface area contributed by atoms with Gasteiger partial charge in [0.05, 0.1) is 11.0 Å². The Balaban J connectivity index is 1.73. The van der Waals surface area contributed by atoms with Crippen LogP contribution in [0, 0.1) is 5.21 Å². The zero-order valence-electron chi connectivity index (χ0n) is 11.7. The van der Waals surface area contributed by atoms with Gasteiger partial charge in [0.1, 0.15) is 5.82 Å². The number of fused-ring (bicyclic) bond motifs is 1. The van der Waals surface area contributed by atoms with E-state index in [9.17, 15) is 10.0 Å². The number of carbonyl (C=O) groups is 1. The van der Waals surface area contributed by atoms with E-state index < -0.39 is 5.91 Å². The molecule has 0 radical (unpaired) electrons. The molecule has 2 N–H and O–H groups in total. The highest BCUT2D eigenvalue weighted by Crippen LogP contribution is 2.14. The van der Waals surface area contributed by atoms with Crippen LogP contribution < -0.4 is 5.48 Å². The fourth-order valence-electron chi connectivity index (χ4n) is 2.24. The van der Waals surface area contributed by atoms with Crippen LogP contribution in [0.5, 0.6) is 0 Å².